The van der Waals surface area contributed by atoms with E-state index in [4.69, 9.17) is 0 Å². The molecule has 6 heteroatoms. The summed E-state index contributed by atoms with van der Waals surface area (Å²) in [6.07, 6.45) is 8.76. The third-order valence-electron chi connectivity index (χ3n) is 4.76. The zero-order valence-corrected chi connectivity index (χ0v) is 16.8. The van der Waals surface area contributed by atoms with E-state index < -0.39 is 0 Å². The van der Waals surface area contributed by atoms with Crippen LogP contribution in [0.25, 0.3) is 22.4 Å². The number of rotatable bonds is 5. The second kappa shape index (κ2) is 8.61. The molecule has 6 nitrogen and oxygen atoms in total. The van der Waals surface area contributed by atoms with E-state index in [2.05, 4.69) is 25.3 Å². The van der Waals surface area contributed by atoms with E-state index in [1.54, 1.807) is 37.1 Å². The Morgan fingerprint density at radius 3 is 2.53 bits per heavy atom. The van der Waals surface area contributed by atoms with Crippen LogP contribution in [0.1, 0.15) is 27.3 Å². The van der Waals surface area contributed by atoms with Crippen molar-refractivity contribution < 1.29 is 4.79 Å². The van der Waals surface area contributed by atoms with Gasteiger partial charge in [0, 0.05) is 54.3 Å². The van der Waals surface area contributed by atoms with E-state index in [0.29, 0.717) is 12.2 Å². The molecule has 0 saturated carbocycles. The van der Waals surface area contributed by atoms with Crippen molar-refractivity contribution in [3.8, 4) is 22.4 Å². The minimum absolute atomic E-state index is 0.232. The number of aryl methyl sites for hydroxylation is 2. The van der Waals surface area contributed by atoms with Crippen LogP contribution in [-0.4, -0.2) is 25.8 Å². The number of hydrogen-bond donors (Lipinski definition) is 1. The number of nitrogens with one attached hydrogen (secondary N) is 1. The minimum atomic E-state index is -0.232. The molecule has 0 unspecified atom stereocenters. The van der Waals surface area contributed by atoms with Gasteiger partial charge in [-0.2, -0.15) is 0 Å². The van der Waals surface area contributed by atoms with Crippen molar-refractivity contribution in [2.24, 2.45) is 0 Å². The maximum absolute atomic E-state index is 12.5. The van der Waals surface area contributed by atoms with Gasteiger partial charge in [0.2, 0.25) is 0 Å². The molecule has 30 heavy (non-hydrogen) atoms. The van der Waals surface area contributed by atoms with Gasteiger partial charge < -0.3 is 5.32 Å². The standard InChI is InChI=1S/C24H21N5O/c1-16-4-3-8-27-23(16)20-5-6-22(28-15-20)24(30)29-13-18-11-21(14-25-12-18)19-7-9-26-17(2)10-19/h3-12,14-15H,13H2,1-2H3,(H,29,30). The maximum Gasteiger partial charge on any atom is 0.270 e. The second-order valence-corrected chi connectivity index (χ2v) is 7.05. The first-order valence-corrected chi connectivity index (χ1v) is 9.63. The lowest BCUT2D eigenvalue weighted by atomic mass is 10.1. The van der Waals surface area contributed by atoms with Crippen LogP contribution in [0, 0.1) is 13.8 Å². The molecule has 0 aliphatic rings. The van der Waals surface area contributed by atoms with Gasteiger partial charge in [-0.25, -0.2) is 0 Å². The lowest BCUT2D eigenvalue weighted by Crippen LogP contribution is -2.23. The quantitative estimate of drug-likeness (QED) is 0.549. The Bertz CT molecular complexity index is 1190. The van der Waals surface area contributed by atoms with E-state index in [1.807, 2.05) is 50.2 Å². The summed E-state index contributed by atoms with van der Waals surface area (Å²) in [4.78, 5) is 29.7. The Balaban J connectivity index is 1.44. The van der Waals surface area contributed by atoms with Crippen molar-refractivity contribution in [3.05, 3.63) is 96.0 Å². The number of carbonyl (C=O) groups excluding carboxylic acids is 1. The van der Waals surface area contributed by atoms with Crippen LogP contribution >= 0.6 is 0 Å². The molecule has 0 saturated heterocycles. The van der Waals surface area contributed by atoms with Gasteiger partial charge in [-0.3, -0.25) is 24.7 Å². The first kappa shape index (κ1) is 19.4. The molecule has 0 spiro atoms. The van der Waals surface area contributed by atoms with Gasteiger partial charge in [-0.05, 0) is 66.9 Å². The fourth-order valence-electron chi connectivity index (χ4n) is 3.20. The van der Waals surface area contributed by atoms with E-state index in [1.165, 1.54) is 0 Å². The minimum Gasteiger partial charge on any atom is -0.347 e. The van der Waals surface area contributed by atoms with Gasteiger partial charge in [0.25, 0.3) is 5.91 Å². The maximum atomic E-state index is 12.5. The lowest BCUT2D eigenvalue weighted by molar-refractivity contribution is 0.0946. The molecule has 4 aromatic rings. The summed E-state index contributed by atoms with van der Waals surface area (Å²) >= 11 is 0. The molecule has 0 bridgehead atoms. The topological polar surface area (TPSA) is 80.7 Å². The summed E-state index contributed by atoms with van der Waals surface area (Å²) in [7, 11) is 0. The normalized spacial score (nSPS) is 10.6. The first-order valence-electron chi connectivity index (χ1n) is 9.63. The molecule has 1 amide bonds. The predicted molar refractivity (Wildman–Crippen MR) is 116 cm³/mol. The van der Waals surface area contributed by atoms with Gasteiger partial charge in [0.1, 0.15) is 5.69 Å². The van der Waals surface area contributed by atoms with Crippen LogP contribution in [0.4, 0.5) is 0 Å². The van der Waals surface area contributed by atoms with Crippen LogP contribution in [-0.2, 0) is 6.54 Å². The zero-order valence-electron chi connectivity index (χ0n) is 16.8. The predicted octanol–water partition coefficient (Wildman–Crippen LogP) is 4.15. The Kier molecular flexibility index (Phi) is 5.57. The monoisotopic (exact) mass is 395 g/mol. The molecule has 4 heterocycles. The third-order valence-corrected chi connectivity index (χ3v) is 4.76. The van der Waals surface area contributed by atoms with Crippen LogP contribution in [0.5, 0.6) is 0 Å². The zero-order chi connectivity index (χ0) is 20.9. The van der Waals surface area contributed by atoms with E-state index in [9.17, 15) is 4.79 Å². The lowest BCUT2D eigenvalue weighted by Gasteiger charge is -2.08. The van der Waals surface area contributed by atoms with E-state index >= 15 is 0 Å². The molecule has 0 aliphatic heterocycles. The van der Waals surface area contributed by atoms with Gasteiger partial charge in [-0.1, -0.05) is 6.07 Å². The highest BCUT2D eigenvalue weighted by Gasteiger charge is 2.10. The molecule has 0 radical (unpaired) electrons. The summed E-state index contributed by atoms with van der Waals surface area (Å²) in [5.74, 6) is -0.232. The highest BCUT2D eigenvalue weighted by Crippen LogP contribution is 2.20. The largest absolute Gasteiger partial charge is 0.347 e. The third kappa shape index (κ3) is 4.38. The SMILES string of the molecule is Cc1cc(-c2cncc(CNC(=O)c3ccc(-c4ncccc4C)cn3)c2)ccn1. The number of pyridine rings is 4. The van der Waals surface area contributed by atoms with Crippen molar-refractivity contribution in [1.82, 2.24) is 25.3 Å². The van der Waals surface area contributed by atoms with Crippen LogP contribution in [0.3, 0.4) is 0 Å². The number of nitrogens with zero attached hydrogens (tertiary/aromatic N) is 4. The molecule has 0 atom stereocenters. The summed E-state index contributed by atoms with van der Waals surface area (Å²) in [5.41, 5.74) is 7.07. The van der Waals surface area contributed by atoms with Crippen molar-refractivity contribution in [2.45, 2.75) is 20.4 Å². The molecular weight excluding hydrogens is 374 g/mol. The van der Waals surface area contributed by atoms with Crippen molar-refractivity contribution in [2.75, 3.05) is 0 Å². The average molecular weight is 395 g/mol. The number of aromatic nitrogens is 4. The van der Waals surface area contributed by atoms with Gasteiger partial charge in [-0.15, -0.1) is 0 Å². The summed E-state index contributed by atoms with van der Waals surface area (Å²) in [6, 6.07) is 13.4. The molecule has 148 valence electrons. The smallest absolute Gasteiger partial charge is 0.270 e. The number of amides is 1. The van der Waals surface area contributed by atoms with Crippen molar-refractivity contribution >= 4 is 5.91 Å². The highest BCUT2D eigenvalue weighted by molar-refractivity contribution is 5.92. The van der Waals surface area contributed by atoms with Crippen LogP contribution in [0.15, 0.2) is 73.4 Å². The summed E-state index contributed by atoms with van der Waals surface area (Å²) < 4.78 is 0. The number of hydrogen-bond acceptors (Lipinski definition) is 5. The van der Waals surface area contributed by atoms with Crippen LogP contribution < -0.4 is 5.32 Å². The van der Waals surface area contributed by atoms with E-state index in [-0.39, 0.29) is 5.91 Å². The summed E-state index contributed by atoms with van der Waals surface area (Å²) in [5, 5.41) is 2.91. The Morgan fingerprint density at radius 1 is 0.867 bits per heavy atom. The van der Waals surface area contributed by atoms with Gasteiger partial charge in [0.05, 0.1) is 5.69 Å². The van der Waals surface area contributed by atoms with Gasteiger partial charge >= 0.3 is 0 Å². The first-order chi connectivity index (χ1) is 14.6. The van der Waals surface area contributed by atoms with Crippen molar-refractivity contribution in [1.29, 1.82) is 0 Å². The van der Waals surface area contributed by atoms with Crippen LogP contribution in [0.2, 0.25) is 0 Å². The summed E-state index contributed by atoms with van der Waals surface area (Å²) in [6.45, 7) is 4.32. The Morgan fingerprint density at radius 2 is 1.77 bits per heavy atom. The highest BCUT2D eigenvalue weighted by atomic mass is 16.1. The second-order valence-electron chi connectivity index (χ2n) is 7.05. The Hall–Kier alpha value is -3.93. The molecule has 0 aromatic carbocycles. The fourth-order valence-corrected chi connectivity index (χ4v) is 3.20. The van der Waals surface area contributed by atoms with Gasteiger partial charge in [0.15, 0.2) is 0 Å². The molecule has 0 fully saturated rings. The van der Waals surface area contributed by atoms with E-state index in [0.717, 1.165) is 39.2 Å². The number of carbonyl (C=O) groups is 1. The molecular formula is C24H21N5O. The molecule has 0 aliphatic carbocycles. The Labute approximate surface area is 175 Å². The molecule has 4 rings (SSSR count). The molecule has 1 N–H and O–H groups in total. The van der Waals surface area contributed by atoms with Crippen molar-refractivity contribution in [3.63, 3.8) is 0 Å². The fraction of sp³-hybridized carbons (Fsp3) is 0.125. The molecule has 4 aromatic heterocycles. The average Bonchev–Trinajstić information content (AvgIpc) is 2.78.